The third kappa shape index (κ3) is 1.30. The predicted molar refractivity (Wildman–Crippen MR) is 50.1 cm³/mol. The van der Waals surface area contributed by atoms with E-state index < -0.39 is 26.8 Å². The first-order chi connectivity index (χ1) is 7.50. The van der Waals surface area contributed by atoms with Crippen LogP contribution in [0.3, 0.4) is 0 Å². The number of H-pyrrole nitrogens is 1. The molecule has 82 valence electrons. The minimum Gasteiger partial charge on any atom is -0.371 e. The normalized spacial score (nSPS) is 10.5. The molecule has 0 fully saturated rings. The molecule has 0 radical (unpaired) electrons. The molecule has 1 aromatic heterocycles. The van der Waals surface area contributed by atoms with Crippen molar-refractivity contribution in [3.05, 3.63) is 42.7 Å². The maximum absolute atomic E-state index is 11.1. The van der Waals surface area contributed by atoms with E-state index in [0.717, 1.165) is 12.1 Å². The lowest BCUT2D eigenvalue weighted by Gasteiger charge is -1.92. The van der Waals surface area contributed by atoms with Crippen LogP contribution >= 0.6 is 0 Å². The van der Waals surface area contributed by atoms with Gasteiger partial charge in [0.25, 0.3) is 11.2 Å². The molecule has 0 aliphatic carbocycles. The topological polar surface area (TPSA) is 132 Å². The molecule has 1 heterocycles. The predicted octanol–water partition coefficient (Wildman–Crippen LogP) is 0.937. The summed E-state index contributed by atoms with van der Waals surface area (Å²) in [5, 5.41) is 22.8. The summed E-state index contributed by atoms with van der Waals surface area (Å²) in [5.41, 5.74) is -2.21. The molecule has 0 spiro atoms. The van der Waals surface area contributed by atoms with Gasteiger partial charge in [-0.1, -0.05) is 0 Å². The molecule has 0 bridgehead atoms. The van der Waals surface area contributed by atoms with Crippen LogP contribution in [0.1, 0.15) is 0 Å². The molecule has 0 saturated heterocycles. The number of rotatable bonds is 2. The Labute approximate surface area is 85.5 Å². The highest BCUT2D eigenvalue weighted by atomic mass is 16.6. The maximum atomic E-state index is 11.1. The summed E-state index contributed by atoms with van der Waals surface area (Å²) >= 11 is 0. The molecule has 9 heteroatoms. The second kappa shape index (κ2) is 3.15. The fourth-order valence-electron chi connectivity index (χ4n) is 1.27. The van der Waals surface area contributed by atoms with Crippen molar-refractivity contribution in [1.82, 2.24) is 5.16 Å². The number of non-ortho nitro benzene ring substituents is 2. The summed E-state index contributed by atoms with van der Waals surface area (Å²) in [5.74, 6) is 0. The van der Waals surface area contributed by atoms with Crippen molar-refractivity contribution >= 4 is 22.3 Å². The maximum Gasteiger partial charge on any atom is 0.321 e. The van der Waals surface area contributed by atoms with E-state index in [9.17, 15) is 25.0 Å². The van der Waals surface area contributed by atoms with Gasteiger partial charge in [-0.15, -0.1) is 0 Å². The van der Waals surface area contributed by atoms with Crippen molar-refractivity contribution in [3.8, 4) is 0 Å². The largest absolute Gasteiger partial charge is 0.371 e. The molecule has 16 heavy (non-hydrogen) atoms. The van der Waals surface area contributed by atoms with Crippen molar-refractivity contribution < 1.29 is 14.4 Å². The van der Waals surface area contributed by atoms with Gasteiger partial charge < -0.3 is 4.52 Å². The first-order valence-electron chi connectivity index (χ1n) is 3.94. The molecular formula is C7H3N3O6. The standard InChI is InChI=1S/C7H3N3O6/c11-7-4-1-3(9(12)13)2-5(10(14)15)6(4)16-8-7/h1-2H,(H,8,11). The average molecular weight is 225 g/mol. The van der Waals surface area contributed by atoms with Crippen molar-refractivity contribution in [1.29, 1.82) is 0 Å². The number of nitrogens with zero attached hydrogens (tertiary/aromatic N) is 2. The van der Waals surface area contributed by atoms with Gasteiger partial charge in [0, 0.05) is 6.07 Å². The first kappa shape index (κ1) is 9.83. The highest BCUT2D eigenvalue weighted by molar-refractivity contribution is 5.87. The van der Waals surface area contributed by atoms with E-state index in [2.05, 4.69) is 4.52 Å². The molecule has 0 aliphatic heterocycles. The lowest BCUT2D eigenvalue weighted by Crippen LogP contribution is -1.99. The van der Waals surface area contributed by atoms with Crippen molar-refractivity contribution in [2.75, 3.05) is 0 Å². The minimum atomic E-state index is -0.855. The lowest BCUT2D eigenvalue weighted by atomic mass is 10.2. The quantitative estimate of drug-likeness (QED) is 0.597. The van der Waals surface area contributed by atoms with Crippen LogP contribution in [-0.2, 0) is 0 Å². The molecule has 2 rings (SSSR count). The van der Waals surface area contributed by atoms with Gasteiger partial charge >= 0.3 is 5.69 Å². The highest BCUT2D eigenvalue weighted by Gasteiger charge is 2.23. The first-order valence-corrected chi connectivity index (χ1v) is 3.94. The Bertz CT molecular complexity index is 654. The second-order valence-corrected chi connectivity index (χ2v) is 2.89. The van der Waals surface area contributed by atoms with Gasteiger partial charge in [-0.3, -0.25) is 25.0 Å². The zero-order valence-electron chi connectivity index (χ0n) is 7.50. The number of hydrogen-bond acceptors (Lipinski definition) is 6. The van der Waals surface area contributed by atoms with Gasteiger partial charge in [-0.25, -0.2) is 0 Å². The molecule has 1 aromatic carbocycles. The molecule has 0 unspecified atom stereocenters. The zero-order chi connectivity index (χ0) is 11.9. The number of benzene rings is 1. The molecule has 0 amide bonds. The molecular weight excluding hydrogens is 222 g/mol. The SMILES string of the molecule is O=c1[nH]oc2c([N+](=O)[O-])cc([N+](=O)[O-])cc12. The third-order valence-electron chi connectivity index (χ3n) is 1.95. The Morgan fingerprint density at radius 1 is 1.19 bits per heavy atom. The van der Waals surface area contributed by atoms with E-state index in [0.29, 0.717) is 0 Å². The smallest absolute Gasteiger partial charge is 0.321 e. The van der Waals surface area contributed by atoms with Crippen LogP contribution in [0.2, 0.25) is 0 Å². The monoisotopic (exact) mass is 225 g/mol. The lowest BCUT2D eigenvalue weighted by molar-refractivity contribution is -0.393. The number of aromatic nitrogens is 1. The van der Waals surface area contributed by atoms with Crippen LogP contribution in [0.25, 0.3) is 11.0 Å². The molecule has 0 atom stereocenters. The van der Waals surface area contributed by atoms with Crippen LogP contribution in [0.4, 0.5) is 11.4 Å². The number of aromatic amines is 1. The fraction of sp³-hybridized carbons (Fsp3) is 0. The molecule has 0 saturated carbocycles. The van der Waals surface area contributed by atoms with Gasteiger partial charge in [0.1, 0.15) is 5.39 Å². The molecule has 2 aromatic rings. The van der Waals surface area contributed by atoms with Crippen LogP contribution in [0, 0.1) is 20.2 Å². The Hall–Kier alpha value is -2.71. The summed E-state index contributed by atoms with van der Waals surface area (Å²) in [7, 11) is 0. The summed E-state index contributed by atoms with van der Waals surface area (Å²) in [6.07, 6.45) is 0. The summed E-state index contributed by atoms with van der Waals surface area (Å²) in [4.78, 5) is 30.6. The van der Waals surface area contributed by atoms with Crippen molar-refractivity contribution in [2.24, 2.45) is 0 Å². The Kier molecular flexibility index (Phi) is 1.94. The average Bonchev–Trinajstić information content (AvgIpc) is 2.59. The summed E-state index contributed by atoms with van der Waals surface area (Å²) < 4.78 is 4.57. The van der Waals surface area contributed by atoms with E-state index in [-0.39, 0.29) is 11.0 Å². The van der Waals surface area contributed by atoms with Crippen LogP contribution in [0.15, 0.2) is 21.5 Å². The number of fused-ring (bicyclic) bond motifs is 1. The summed E-state index contributed by atoms with van der Waals surface area (Å²) in [6, 6.07) is 1.66. The van der Waals surface area contributed by atoms with E-state index in [1.165, 1.54) is 0 Å². The molecule has 1 N–H and O–H groups in total. The number of hydrogen-bond donors (Lipinski definition) is 1. The van der Waals surface area contributed by atoms with Gasteiger partial charge in [-0.05, 0) is 0 Å². The minimum absolute atomic E-state index is 0.221. The van der Waals surface area contributed by atoms with Gasteiger partial charge in [-0.2, -0.15) is 5.16 Å². The number of nitrogens with one attached hydrogen (secondary N) is 1. The van der Waals surface area contributed by atoms with Crippen molar-refractivity contribution in [2.45, 2.75) is 0 Å². The Morgan fingerprint density at radius 2 is 1.88 bits per heavy atom. The molecule has 9 nitrogen and oxygen atoms in total. The van der Waals surface area contributed by atoms with Crippen molar-refractivity contribution in [3.63, 3.8) is 0 Å². The third-order valence-corrected chi connectivity index (χ3v) is 1.95. The zero-order valence-corrected chi connectivity index (χ0v) is 7.50. The van der Waals surface area contributed by atoms with E-state index >= 15 is 0 Å². The van der Waals surface area contributed by atoms with Gasteiger partial charge in [0.05, 0.1) is 15.9 Å². The van der Waals surface area contributed by atoms with Gasteiger partial charge in [0.2, 0.25) is 5.58 Å². The van der Waals surface area contributed by atoms with Crippen LogP contribution in [-0.4, -0.2) is 15.0 Å². The van der Waals surface area contributed by atoms with Crippen LogP contribution in [0.5, 0.6) is 0 Å². The van der Waals surface area contributed by atoms with E-state index in [1.807, 2.05) is 5.16 Å². The number of nitro groups is 2. The van der Waals surface area contributed by atoms with E-state index in [1.54, 1.807) is 0 Å². The Morgan fingerprint density at radius 3 is 2.44 bits per heavy atom. The second-order valence-electron chi connectivity index (χ2n) is 2.89. The Balaban J connectivity index is 2.91. The van der Waals surface area contributed by atoms with Crippen LogP contribution < -0.4 is 5.56 Å². The fourth-order valence-corrected chi connectivity index (χ4v) is 1.27. The van der Waals surface area contributed by atoms with Gasteiger partial charge in [0.15, 0.2) is 0 Å². The summed E-state index contributed by atoms with van der Waals surface area (Å²) in [6.45, 7) is 0. The highest BCUT2D eigenvalue weighted by Crippen LogP contribution is 2.28. The van der Waals surface area contributed by atoms with E-state index in [4.69, 9.17) is 0 Å². The molecule has 0 aliphatic rings. The number of nitro benzene ring substituents is 2.